The maximum absolute atomic E-state index is 12.2. The second-order valence-corrected chi connectivity index (χ2v) is 4.71. The summed E-state index contributed by atoms with van der Waals surface area (Å²) < 4.78 is 5.05. The van der Waals surface area contributed by atoms with Gasteiger partial charge in [0.2, 0.25) is 0 Å². The van der Waals surface area contributed by atoms with Crippen LogP contribution in [0.15, 0.2) is 65.5 Å². The molecular weight excluding hydrogens is 264 g/mol. The molecule has 0 fully saturated rings. The van der Waals surface area contributed by atoms with Crippen molar-refractivity contribution in [1.82, 2.24) is 4.98 Å². The van der Waals surface area contributed by atoms with Crippen LogP contribution in [0, 0.1) is 6.92 Å². The van der Waals surface area contributed by atoms with Crippen molar-refractivity contribution in [1.29, 1.82) is 0 Å². The van der Waals surface area contributed by atoms with E-state index in [0.717, 1.165) is 16.8 Å². The Morgan fingerprint density at radius 3 is 2.52 bits per heavy atom. The third kappa shape index (κ3) is 3.00. The van der Waals surface area contributed by atoms with Crippen LogP contribution in [0.4, 0.5) is 5.82 Å². The predicted octanol–water partition coefficient (Wildman–Crippen LogP) is 3.90. The van der Waals surface area contributed by atoms with Crippen molar-refractivity contribution in [2.75, 3.05) is 5.32 Å². The Bertz CT molecular complexity index is 747. The highest BCUT2D eigenvalue weighted by Crippen LogP contribution is 2.20. The van der Waals surface area contributed by atoms with E-state index in [2.05, 4.69) is 10.3 Å². The van der Waals surface area contributed by atoms with Crippen LogP contribution in [0.2, 0.25) is 0 Å². The van der Waals surface area contributed by atoms with Crippen molar-refractivity contribution in [2.45, 2.75) is 6.92 Å². The third-order valence-electron chi connectivity index (χ3n) is 3.13. The van der Waals surface area contributed by atoms with Crippen molar-refractivity contribution in [3.63, 3.8) is 0 Å². The zero-order chi connectivity index (χ0) is 14.7. The first-order valence-corrected chi connectivity index (χ1v) is 6.60. The van der Waals surface area contributed by atoms with Gasteiger partial charge in [-0.25, -0.2) is 4.98 Å². The summed E-state index contributed by atoms with van der Waals surface area (Å²) in [6, 6.07) is 14.7. The topological polar surface area (TPSA) is 55.1 Å². The quantitative estimate of drug-likeness (QED) is 0.790. The van der Waals surface area contributed by atoms with E-state index < -0.39 is 0 Å². The van der Waals surface area contributed by atoms with Crippen LogP contribution in [0.25, 0.3) is 11.1 Å². The number of furan rings is 1. The molecule has 0 radical (unpaired) electrons. The van der Waals surface area contributed by atoms with Crippen LogP contribution >= 0.6 is 0 Å². The highest BCUT2D eigenvalue weighted by atomic mass is 16.3. The number of pyridine rings is 1. The van der Waals surface area contributed by atoms with E-state index in [1.807, 2.05) is 37.3 Å². The van der Waals surface area contributed by atoms with E-state index in [1.54, 1.807) is 30.7 Å². The lowest BCUT2D eigenvalue weighted by molar-refractivity contribution is 0.102. The summed E-state index contributed by atoms with van der Waals surface area (Å²) in [6.45, 7) is 1.88. The maximum atomic E-state index is 12.2. The van der Waals surface area contributed by atoms with E-state index in [-0.39, 0.29) is 5.91 Å². The molecule has 4 heteroatoms. The number of hydrogen-bond donors (Lipinski definition) is 1. The molecule has 2 aromatic heterocycles. The van der Waals surface area contributed by atoms with Gasteiger partial charge in [0, 0.05) is 16.8 Å². The minimum absolute atomic E-state index is 0.174. The Kier molecular flexibility index (Phi) is 3.51. The van der Waals surface area contributed by atoms with Gasteiger partial charge in [0.05, 0.1) is 12.5 Å². The number of aryl methyl sites for hydroxylation is 1. The molecule has 0 spiro atoms. The van der Waals surface area contributed by atoms with Crippen LogP contribution in [0.1, 0.15) is 16.1 Å². The Labute approximate surface area is 122 Å². The van der Waals surface area contributed by atoms with Gasteiger partial charge in [-0.05, 0) is 42.8 Å². The molecule has 0 aliphatic carbocycles. The fourth-order valence-corrected chi connectivity index (χ4v) is 2.04. The number of rotatable bonds is 3. The molecule has 0 aliphatic rings. The molecular formula is C17H14N2O2. The van der Waals surface area contributed by atoms with E-state index in [0.29, 0.717) is 11.4 Å². The first-order chi connectivity index (χ1) is 10.2. The molecule has 2 heterocycles. The number of nitrogens with one attached hydrogen (secondary N) is 1. The molecule has 1 aromatic carbocycles. The summed E-state index contributed by atoms with van der Waals surface area (Å²) in [5.41, 5.74) is 3.45. The number of carbonyl (C=O) groups is 1. The van der Waals surface area contributed by atoms with Crippen molar-refractivity contribution in [3.05, 3.63) is 72.3 Å². The zero-order valence-corrected chi connectivity index (χ0v) is 11.5. The normalized spacial score (nSPS) is 10.3. The number of aromatic nitrogens is 1. The summed E-state index contributed by atoms with van der Waals surface area (Å²) in [5, 5.41) is 2.78. The fraction of sp³-hybridized carbons (Fsp3) is 0.0588. The standard InChI is InChI=1S/C17H14N2O2/c1-12-3-2-4-16(18-12)19-17(20)14-7-5-13(6-8-14)15-9-10-21-11-15/h2-11H,1H3,(H,18,19,20). The average Bonchev–Trinajstić information content (AvgIpc) is 3.01. The highest BCUT2D eigenvalue weighted by Gasteiger charge is 2.07. The maximum Gasteiger partial charge on any atom is 0.256 e. The van der Waals surface area contributed by atoms with Crippen molar-refractivity contribution in [3.8, 4) is 11.1 Å². The van der Waals surface area contributed by atoms with Gasteiger partial charge in [0.1, 0.15) is 5.82 Å². The van der Waals surface area contributed by atoms with E-state index in [1.165, 1.54) is 0 Å². The predicted molar refractivity (Wildman–Crippen MR) is 81.1 cm³/mol. The molecule has 0 atom stereocenters. The number of benzene rings is 1. The minimum Gasteiger partial charge on any atom is -0.472 e. The minimum atomic E-state index is -0.174. The van der Waals surface area contributed by atoms with E-state index in [4.69, 9.17) is 4.42 Å². The number of nitrogens with zero attached hydrogens (tertiary/aromatic N) is 1. The van der Waals surface area contributed by atoms with Gasteiger partial charge in [-0.15, -0.1) is 0 Å². The lowest BCUT2D eigenvalue weighted by Crippen LogP contribution is -2.12. The molecule has 0 aliphatic heterocycles. The molecule has 21 heavy (non-hydrogen) atoms. The largest absolute Gasteiger partial charge is 0.472 e. The third-order valence-corrected chi connectivity index (χ3v) is 3.13. The first-order valence-electron chi connectivity index (χ1n) is 6.60. The summed E-state index contributed by atoms with van der Waals surface area (Å²) in [4.78, 5) is 16.4. The Morgan fingerprint density at radius 1 is 1.05 bits per heavy atom. The van der Waals surface area contributed by atoms with Crippen LogP contribution in [0.3, 0.4) is 0 Å². The van der Waals surface area contributed by atoms with Gasteiger partial charge in [-0.3, -0.25) is 4.79 Å². The second kappa shape index (κ2) is 5.63. The molecule has 1 N–H and O–H groups in total. The van der Waals surface area contributed by atoms with Gasteiger partial charge in [-0.1, -0.05) is 18.2 Å². The number of hydrogen-bond acceptors (Lipinski definition) is 3. The zero-order valence-electron chi connectivity index (χ0n) is 11.5. The Morgan fingerprint density at radius 2 is 1.86 bits per heavy atom. The second-order valence-electron chi connectivity index (χ2n) is 4.71. The van der Waals surface area contributed by atoms with Crippen LogP contribution < -0.4 is 5.32 Å². The molecule has 0 bridgehead atoms. The summed E-state index contributed by atoms with van der Waals surface area (Å²) >= 11 is 0. The number of anilines is 1. The fourth-order valence-electron chi connectivity index (χ4n) is 2.04. The van der Waals surface area contributed by atoms with Crippen molar-refractivity contribution < 1.29 is 9.21 Å². The van der Waals surface area contributed by atoms with Crippen molar-refractivity contribution in [2.24, 2.45) is 0 Å². The summed E-state index contributed by atoms with van der Waals surface area (Å²) in [5.74, 6) is 0.380. The molecule has 0 saturated heterocycles. The van der Waals surface area contributed by atoms with Gasteiger partial charge in [0.15, 0.2) is 0 Å². The van der Waals surface area contributed by atoms with Gasteiger partial charge in [-0.2, -0.15) is 0 Å². The number of carbonyl (C=O) groups excluding carboxylic acids is 1. The smallest absolute Gasteiger partial charge is 0.256 e. The SMILES string of the molecule is Cc1cccc(NC(=O)c2ccc(-c3ccoc3)cc2)n1. The molecule has 3 aromatic rings. The molecule has 3 rings (SSSR count). The monoisotopic (exact) mass is 278 g/mol. The lowest BCUT2D eigenvalue weighted by Gasteiger charge is -2.05. The van der Waals surface area contributed by atoms with Crippen molar-refractivity contribution >= 4 is 11.7 Å². The molecule has 0 saturated carbocycles. The highest BCUT2D eigenvalue weighted by molar-refractivity contribution is 6.04. The van der Waals surface area contributed by atoms with Gasteiger partial charge < -0.3 is 9.73 Å². The first kappa shape index (κ1) is 13.1. The average molecular weight is 278 g/mol. The molecule has 0 unspecified atom stereocenters. The van der Waals surface area contributed by atoms with Crippen LogP contribution in [-0.2, 0) is 0 Å². The summed E-state index contributed by atoms with van der Waals surface area (Å²) in [7, 11) is 0. The van der Waals surface area contributed by atoms with E-state index in [9.17, 15) is 4.79 Å². The molecule has 1 amide bonds. The lowest BCUT2D eigenvalue weighted by atomic mass is 10.1. The van der Waals surface area contributed by atoms with E-state index >= 15 is 0 Å². The summed E-state index contributed by atoms with van der Waals surface area (Å²) in [6.07, 6.45) is 3.30. The number of amides is 1. The van der Waals surface area contributed by atoms with Gasteiger partial charge >= 0.3 is 0 Å². The Balaban J connectivity index is 1.76. The van der Waals surface area contributed by atoms with Crippen LogP contribution in [-0.4, -0.2) is 10.9 Å². The molecule has 4 nitrogen and oxygen atoms in total. The Hall–Kier alpha value is -2.88. The van der Waals surface area contributed by atoms with Gasteiger partial charge in [0.25, 0.3) is 5.91 Å². The van der Waals surface area contributed by atoms with Crippen LogP contribution in [0.5, 0.6) is 0 Å². The molecule has 104 valence electrons.